The molecule has 0 unspecified atom stereocenters. The average Bonchev–Trinajstić information content (AvgIpc) is 3.63. The van der Waals surface area contributed by atoms with Crippen molar-refractivity contribution in [3.05, 3.63) is 63.5 Å². The number of carbonyl (C=O) groups is 2. The van der Waals surface area contributed by atoms with E-state index in [4.69, 9.17) is 20.8 Å². The van der Waals surface area contributed by atoms with Crippen molar-refractivity contribution in [2.24, 2.45) is 5.92 Å². The molecule has 0 spiro atoms. The van der Waals surface area contributed by atoms with Crippen molar-refractivity contribution in [2.45, 2.75) is 57.9 Å². The summed E-state index contributed by atoms with van der Waals surface area (Å²) in [5, 5.41) is 8.90. The van der Waals surface area contributed by atoms with Crippen molar-refractivity contribution in [3.63, 3.8) is 0 Å². The fraction of sp³-hybridized carbons (Fsp3) is 0.484. The van der Waals surface area contributed by atoms with E-state index in [0.29, 0.717) is 73.7 Å². The second-order valence-corrected chi connectivity index (χ2v) is 12.4. The number of piperidine rings is 2. The lowest BCUT2D eigenvalue weighted by Gasteiger charge is -2.32. The Morgan fingerprint density at radius 2 is 1.82 bits per heavy atom. The zero-order chi connectivity index (χ0) is 30.8. The predicted octanol–water partition coefficient (Wildman–Crippen LogP) is 4.81. The lowest BCUT2D eigenvalue weighted by Crippen LogP contribution is -2.41. The molecule has 2 saturated heterocycles. The first-order valence-corrected chi connectivity index (χ1v) is 15.5. The van der Waals surface area contributed by atoms with Crippen molar-refractivity contribution < 1.29 is 18.7 Å². The summed E-state index contributed by atoms with van der Waals surface area (Å²) in [6.07, 6.45) is 4.29. The van der Waals surface area contributed by atoms with Crippen LogP contribution in [0.15, 0.2) is 45.7 Å². The van der Waals surface area contributed by atoms with Gasteiger partial charge in [0.1, 0.15) is 6.42 Å². The lowest BCUT2D eigenvalue weighted by atomic mass is 9.88. The van der Waals surface area contributed by atoms with Crippen LogP contribution in [0.25, 0.3) is 22.6 Å². The summed E-state index contributed by atoms with van der Waals surface area (Å²) in [6, 6.07) is 9.39. The van der Waals surface area contributed by atoms with E-state index in [0.717, 1.165) is 23.9 Å². The fourth-order valence-electron chi connectivity index (χ4n) is 6.07. The SMILES string of the molecule is CC(C)COC(=O)N1CCC(c2cc(Cl)cc(-c3nnc(CC(=O)N4CCC(n5c(=O)[nH]c6ncccc65)CC4)o3)c2)CC1. The van der Waals surface area contributed by atoms with E-state index >= 15 is 0 Å². The van der Waals surface area contributed by atoms with E-state index in [2.05, 4.69) is 20.2 Å². The summed E-state index contributed by atoms with van der Waals surface area (Å²) in [5.41, 5.74) is 2.90. The van der Waals surface area contributed by atoms with Crippen LogP contribution in [0.2, 0.25) is 5.02 Å². The minimum absolute atomic E-state index is 0.00654. The van der Waals surface area contributed by atoms with E-state index in [1.807, 2.05) is 38.1 Å². The van der Waals surface area contributed by atoms with E-state index in [1.165, 1.54) is 0 Å². The third-order valence-electron chi connectivity index (χ3n) is 8.37. The number of H-pyrrole nitrogens is 1. The minimum Gasteiger partial charge on any atom is -0.449 e. The van der Waals surface area contributed by atoms with Crippen molar-refractivity contribution in [2.75, 3.05) is 32.8 Å². The summed E-state index contributed by atoms with van der Waals surface area (Å²) in [5.74, 6) is 0.963. The Hall–Kier alpha value is -4.19. The van der Waals surface area contributed by atoms with Crippen LogP contribution in [0, 0.1) is 5.92 Å². The van der Waals surface area contributed by atoms with Crippen LogP contribution < -0.4 is 5.69 Å². The maximum Gasteiger partial charge on any atom is 0.409 e. The van der Waals surface area contributed by atoms with Crippen molar-refractivity contribution in [1.29, 1.82) is 0 Å². The molecule has 1 aromatic carbocycles. The Kier molecular flexibility index (Phi) is 8.69. The van der Waals surface area contributed by atoms with Crippen LogP contribution in [0.3, 0.4) is 0 Å². The van der Waals surface area contributed by atoms with E-state index in [1.54, 1.807) is 26.6 Å². The Labute approximate surface area is 259 Å². The number of nitrogens with one attached hydrogen (secondary N) is 1. The number of hydrogen-bond acceptors (Lipinski definition) is 8. The zero-order valence-electron chi connectivity index (χ0n) is 24.9. The number of pyridine rings is 1. The quantitative estimate of drug-likeness (QED) is 0.310. The van der Waals surface area contributed by atoms with Crippen LogP contribution in [0.1, 0.15) is 62.9 Å². The molecule has 5 heterocycles. The number of aromatic nitrogens is 5. The van der Waals surface area contributed by atoms with Gasteiger partial charge in [0.15, 0.2) is 5.65 Å². The summed E-state index contributed by atoms with van der Waals surface area (Å²) < 4.78 is 13.0. The number of likely N-dealkylation sites (tertiary alicyclic amines) is 2. The number of ether oxygens (including phenoxy) is 1. The summed E-state index contributed by atoms with van der Waals surface area (Å²) >= 11 is 6.49. The van der Waals surface area contributed by atoms with Gasteiger partial charge in [0.25, 0.3) is 0 Å². The van der Waals surface area contributed by atoms with Gasteiger partial charge in [0.2, 0.25) is 17.7 Å². The maximum atomic E-state index is 13.1. The number of imidazole rings is 1. The third kappa shape index (κ3) is 6.50. The normalized spacial score (nSPS) is 16.6. The van der Waals surface area contributed by atoms with Crippen LogP contribution in [-0.4, -0.2) is 79.3 Å². The van der Waals surface area contributed by atoms with Gasteiger partial charge in [-0.15, -0.1) is 10.2 Å². The first-order chi connectivity index (χ1) is 21.2. The summed E-state index contributed by atoms with van der Waals surface area (Å²) in [7, 11) is 0. The van der Waals surface area contributed by atoms with Gasteiger partial charge in [0.05, 0.1) is 12.1 Å². The molecule has 2 fully saturated rings. The van der Waals surface area contributed by atoms with Crippen molar-refractivity contribution in [1.82, 2.24) is 34.5 Å². The molecule has 0 aliphatic carbocycles. The maximum absolute atomic E-state index is 13.1. The predicted molar refractivity (Wildman–Crippen MR) is 163 cm³/mol. The Balaban J connectivity index is 1.05. The number of aromatic amines is 1. The molecule has 1 N–H and O–H groups in total. The molecular formula is C31H36ClN7O5. The third-order valence-corrected chi connectivity index (χ3v) is 8.59. The highest BCUT2D eigenvalue weighted by Crippen LogP contribution is 2.34. The largest absolute Gasteiger partial charge is 0.449 e. The average molecular weight is 622 g/mol. The molecule has 0 saturated carbocycles. The van der Waals surface area contributed by atoms with E-state index in [-0.39, 0.29) is 42.0 Å². The lowest BCUT2D eigenvalue weighted by molar-refractivity contribution is -0.132. The number of rotatable bonds is 7. The molecule has 2 aliphatic heterocycles. The molecular weight excluding hydrogens is 586 g/mol. The fourth-order valence-corrected chi connectivity index (χ4v) is 6.32. The smallest absolute Gasteiger partial charge is 0.409 e. The number of fused-ring (bicyclic) bond motifs is 1. The molecule has 12 nitrogen and oxygen atoms in total. The van der Waals surface area contributed by atoms with Gasteiger partial charge in [-0.05, 0) is 73.4 Å². The van der Waals surface area contributed by atoms with Crippen molar-refractivity contribution in [3.8, 4) is 11.5 Å². The number of benzene rings is 1. The molecule has 0 bridgehead atoms. The van der Waals surface area contributed by atoms with E-state index in [9.17, 15) is 14.4 Å². The number of amides is 2. The molecule has 0 radical (unpaired) electrons. The van der Waals surface area contributed by atoms with Gasteiger partial charge < -0.3 is 19.0 Å². The second kappa shape index (κ2) is 12.8. The Morgan fingerprint density at radius 1 is 1.07 bits per heavy atom. The first kappa shape index (κ1) is 29.9. The van der Waals surface area contributed by atoms with Crippen LogP contribution in [0.4, 0.5) is 4.79 Å². The summed E-state index contributed by atoms with van der Waals surface area (Å²) in [6.45, 7) is 6.72. The molecule has 6 rings (SSSR count). The highest BCUT2D eigenvalue weighted by molar-refractivity contribution is 6.30. The Bertz CT molecular complexity index is 1700. The number of halogens is 1. The number of nitrogens with zero attached hydrogens (tertiary/aromatic N) is 6. The summed E-state index contributed by atoms with van der Waals surface area (Å²) in [4.78, 5) is 48.6. The highest BCUT2D eigenvalue weighted by atomic mass is 35.5. The Morgan fingerprint density at radius 3 is 2.57 bits per heavy atom. The zero-order valence-corrected chi connectivity index (χ0v) is 25.6. The minimum atomic E-state index is -0.261. The first-order valence-electron chi connectivity index (χ1n) is 15.1. The number of hydrogen-bond donors (Lipinski definition) is 1. The monoisotopic (exact) mass is 621 g/mol. The second-order valence-electron chi connectivity index (χ2n) is 12.0. The molecule has 2 amide bonds. The van der Waals surface area contributed by atoms with Gasteiger partial charge in [-0.25, -0.2) is 14.6 Å². The highest BCUT2D eigenvalue weighted by Gasteiger charge is 2.28. The number of carbonyl (C=O) groups excluding carboxylic acids is 2. The molecule has 13 heteroatoms. The van der Waals surface area contributed by atoms with Gasteiger partial charge in [-0.3, -0.25) is 14.3 Å². The van der Waals surface area contributed by atoms with Crippen LogP contribution in [0.5, 0.6) is 0 Å². The molecule has 44 heavy (non-hydrogen) atoms. The van der Waals surface area contributed by atoms with E-state index < -0.39 is 0 Å². The van der Waals surface area contributed by atoms with Crippen LogP contribution >= 0.6 is 11.6 Å². The topological polar surface area (TPSA) is 139 Å². The molecule has 4 aromatic rings. The van der Waals surface area contributed by atoms with Gasteiger partial charge in [0, 0.05) is 49.0 Å². The molecule has 2 aliphatic rings. The van der Waals surface area contributed by atoms with Gasteiger partial charge in [-0.1, -0.05) is 25.4 Å². The standard InChI is InChI=1S/C31H36ClN7O5/c1-19(2)18-43-31(42)38-10-5-20(6-11-38)21-14-22(16-23(32)15-21)29-36-35-26(44-29)17-27(40)37-12-7-24(8-13-37)39-25-4-3-9-33-28(25)34-30(39)41/h3-4,9,14-16,19-20,24H,5-8,10-13,17-18H2,1-2H3,(H,33,34,41). The molecule has 0 atom stereocenters. The van der Waals surface area contributed by atoms with Gasteiger partial charge >= 0.3 is 11.8 Å². The van der Waals surface area contributed by atoms with Gasteiger partial charge in [-0.2, -0.15) is 0 Å². The molecule has 232 valence electrons. The molecule has 3 aromatic heterocycles. The van der Waals surface area contributed by atoms with Crippen LogP contribution in [-0.2, 0) is 16.0 Å². The van der Waals surface area contributed by atoms with Crippen molar-refractivity contribution >= 4 is 34.8 Å².